The Balaban J connectivity index is 1.68. The maximum atomic E-state index is 12.9. The Morgan fingerprint density at radius 3 is 2.28 bits per heavy atom. The van der Waals surface area contributed by atoms with Crippen LogP contribution in [-0.2, 0) is 17.5 Å². The molecule has 0 radical (unpaired) electrons. The van der Waals surface area contributed by atoms with Crippen LogP contribution in [0.1, 0.15) is 5.56 Å². The minimum Gasteiger partial charge on any atom is -0.457 e. The summed E-state index contributed by atoms with van der Waals surface area (Å²) in [5.74, 6) is 0.499. The monoisotopic (exact) mass is 422 g/mol. The highest BCUT2D eigenvalue weighted by atomic mass is 35.5. The smallest absolute Gasteiger partial charge is 0.417 e. The van der Waals surface area contributed by atoms with E-state index in [4.69, 9.17) is 16.3 Å². The summed E-state index contributed by atoms with van der Waals surface area (Å²) in [6, 6.07) is 16.0. The van der Waals surface area contributed by atoms with Crippen molar-refractivity contribution in [3.05, 3.63) is 87.8 Å². The van der Waals surface area contributed by atoms with Crippen molar-refractivity contribution >= 4 is 23.2 Å². The van der Waals surface area contributed by atoms with Crippen molar-refractivity contribution in [3.8, 4) is 11.5 Å². The molecule has 0 saturated carbocycles. The second kappa shape index (κ2) is 8.40. The molecule has 150 valence electrons. The Morgan fingerprint density at radius 2 is 1.66 bits per heavy atom. The van der Waals surface area contributed by atoms with E-state index in [1.165, 1.54) is 0 Å². The molecule has 2 aromatic carbocycles. The standard InChI is InChI=1S/C20H14ClF3N2O3/c21-17-10-13(20(22,23)24)11-26(19(17)28)12-18(27)25-14-6-8-16(9-7-14)29-15-4-2-1-3-5-15/h1-11H,12H2,(H,25,27). The number of nitrogens with zero attached hydrogens (tertiary/aromatic N) is 1. The molecule has 1 heterocycles. The van der Waals surface area contributed by atoms with E-state index in [2.05, 4.69) is 5.32 Å². The Morgan fingerprint density at radius 1 is 1.03 bits per heavy atom. The van der Waals surface area contributed by atoms with Crippen LogP contribution in [0.25, 0.3) is 0 Å². The van der Waals surface area contributed by atoms with Crippen LogP contribution in [0.5, 0.6) is 11.5 Å². The maximum absolute atomic E-state index is 12.9. The van der Waals surface area contributed by atoms with Crippen LogP contribution in [0, 0.1) is 0 Å². The first-order valence-electron chi connectivity index (χ1n) is 8.32. The fourth-order valence-corrected chi connectivity index (χ4v) is 2.68. The van der Waals surface area contributed by atoms with E-state index in [1.807, 2.05) is 18.2 Å². The molecule has 0 atom stereocenters. The second-order valence-electron chi connectivity index (χ2n) is 6.00. The van der Waals surface area contributed by atoms with Crippen molar-refractivity contribution in [2.75, 3.05) is 5.32 Å². The minimum absolute atomic E-state index is 0.390. The molecule has 0 spiro atoms. The third kappa shape index (κ3) is 5.39. The molecule has 0 unspecified atom stereocenters. The predicted molar refractivity (Wildman–Crippen MR) is 102 cm³/mol. The van der Waals surface area contributed by atoms with Crippen molar-refractivity contribution in [1.82, 2.24) is 4.57 Å². The number of ether oxygens (including phenoxy) is 1. The van der Waals surface area contributed by atoms with Gasteiger partial charge in [-0.2, -0.15) is 13.2 Å². The Labute approximate surface area is 168 Å². The molecule has 0 saturated heterocycles. The van der Waals surface area contributed by atoms with Crippen LogP contribution in [0.3, 0.4) is 0 Å². The molecule has 1 N–H and O–H groups in total. The van der Waals surface area contributed by atoms with E-state index in [9.17, 15) is 22.8 Å². The number of aromatic nitrogens is 1. The first-order chi connectivity index (χ1) is 13.7. The highest BCUT2D eigenvalue weighted by Crippen LogP contribution is 2.29. The maximum Gasteiger partial charge on any atom is 0.417 e. The molecular formula is C20H14ClF3N2O3. The third-order valence-corrected chi connectivity index (χ3v) is 4.07. The van der Waals surface area contributed by atoms with Gasteiger partial charge in [0.05, 0.1) is 5.56 Å². The number of alkyl halides is 3. The molecule has 29 heavy (non-hydrogen) atoms. The summed E-state index contributed by atoms with van der Waals surface area (Å²) in [6.45, 7) is -0.620. The number of benzene rings is 2. The van der Waals surface area contributed by atoms with E-state index in [-0.39, 0.29) is 0 Å². The number of nitrogens with one attached hydrogen (secondary N) is 1. The average Bonchev–Trinajstić information content (AvgIpc) is 2.67. The zero-order valence-electron chi connectivity index (χ0n) is 14.7. The quantitative estimate of drug-likeness (QED) is 0.632. The van der Waals surface area contributed by atoms with Gasteiger partial charge < -0.3 is 14.6 Å². The molecule has 0 aliphatic carbocycles. The SMILES string of the molecule is O=C(Cn1cc(C(F)(F)F)cc(Cl)c1=O)Nc1ccc(Oc2ccccc2)cc1. The Hall–Kier alpha value is -3.26. The lowest BCUT2D eigenvalue weighted by Gasteiger charge is -2.12. The molecule has 0 bridgehead atoms. The summed E-state index contributed by atoms with van der Waals surface area (Å²) in [4.78, 5) is 24.1. The van der Waals surface area contributed by atoms with E-state index in [1.54, 1.807) is 36.4 Å². The number of para-hydroxylation sites is 1. The molecular weight excluding hydrogens is 409 g/mol. The van der Waals surface area contributed by atoms with Gasteiger partial charge in [-0.15, -0.1) is 0 Å². The van der Waals surface area contributed by atoms with Gasteiger partial charge in [0, 0.05) is 11.9 Å². The summed E-state index contributed by atoms with van der Waals surface area (Å²) in [5.41, 5.74) is -1.61. The fraction of sp³-hybridized carbons (Fsp3) is 0.100. The average molecular weight is 423 g/mol. The van der Waals surface area contributed by atoms with E-state index >= 15 is 0 Å². The first kappa shape index (κ1) is 20.5. The summed E-state index contributed by atoms with van der Waals surface area (Å²) < 4.78 is 44.9. The minimum atomic E-state index is -4.69. The van der Waals surface area contributed by atoms with Crippen LogP contribution in [0.15, 0.2) is 71.7 Å². The topological polar surface area (TPSA) is 60.3 Å². The van der Waals surface area contributed by atoms with Crippen molar-refractivity contribution in [2.24, 2.45) is 0 Å². The molecule has 1 aromatic heterocycles. The number of halogens is 4. The number of carbonyl (C=O) groups is 1. The Bertz CT molecular complexity index is 1070. The highest BCUT2D eigenvalue weighted by molar-refractivity contribution is 6.30. The largest absolute Gasteiger partial charge is 0.457 e. The molecule has 3 rings (SSSR count). The van der Waals surface area contributed by atoms with Crippen LogP contribution in [-0.4, -0.2) is 10.5 Å². The van der Waals surface area contributed by atoms with Gasteiger partial charge in [-0.3, -0.25) is 9.59 Å². The number of anilines is 1. The number of carbonyl (C=O) groups excluding carboxylic acids is 1. The molecule has 1 amide bonds. The van der Waals surface area contributed by atoms with Gasteiger partial charge in [-0.1, -0.05) is 29.8 Å². The molecule has 5 nitrogen and oxygen atoms in total. The van der Waals surface area contributed by atoms with Crippen LogP contribution in [0.4, 0.5) is 18.9 Å². The summed E-state index contributed by atoms with van der Waals surface area (Å²) in [7, 11) is 0. The number of rotatable bonds is 5. The van der Waals surface area contributed by atoms with Gasteiger partial charge in [0.15, 0.2) is 0 Å². The van der Waals surface area contributed by atoms with Crippen LogP contribution in [0.2, 0.25) is 5.02 Å². The fourth-order valence-electron chi connectivity index (χ4n) is 2.46. The van der Waals surface area contributed by atoms with E-state index in [0.717, 1.165) is 0 Å². The van der Waals surface area contributed by atoms with Gasteiger partial charge in [0.25, 0.3) is 5.56 Å². The van der Waals surface area contributed by atoms with E-state index < -0.39 is 34.8 Å². The lowest BCUT2D eigenvalue weighted by atomic mass is 10.2. The van der Waals surface area contributed by atoms with Crippen LogP contribution >= 0.6 is 11.6 Å². The third-order valence-electron chi connectivity index (χ3n) is 3.80. The molecule has 3 aromatic rings. The normalized spacial score (nSPS) is 11.2. The zero-order chi connectivity index (χ0) is 21.0. The number of amides is 1. The van der Waals surface area contributed by atoms with Gasteiger partial charge in [0.1, 0.15) is 23.1 Å². The first-order valence-corrected chi connectivity index (χ1v) is 8.70. The van der Waals surface area contributed by atoms with E-state index in [0.29, 0.717) is 34.0 Å². The van der Waals surface area contributed by atoms with Crippen molar-refractivity contribution < 1.29 is 22.7 Å². The number of pyridine rings is 1. The van der Waals surface area contributed by atoms with Crippen molar-refractivity contribution in [1.29, 1.82) is 0 Å². The molecule has 0 aliphatic heterocycles. The van der Waals surface area contributed by atoms with Crippen LogP contribution < -0.4 is 15.6 Å². The lowest BCUT2D eigenvalue weighted by molar-refractivity contribution is -0.138. The van der Waals surface area contributed by atoms with Crippen molar-refractivity contribution in [2.45, 2.75) is 12.7 Å². The summed E-state index contributed by atoms with van der Waals surface area (Å²) in [5, 5.41) is 1.89. The van der Waals surface area contributed by atoms with Gasteiger partial charge >= 0.3 is 6.18 Å². The Kier molecular flexibility index (Phi) is 5.93. The number of hydrogen-bond donors (Lipinski definition) is 1. The zero-order valence-corrected chi connectivity index (χ0v) is 15.5. The molecule has 0 fully saturated rings. The highest BCUT2D eigenvalue weighted by Gasteiger charge is 2.32. The second-order valence-corrected chi connectivity index (χ2v) is 6.40. The van der Waals surface area contributed by atoms with Gasteiger partial charge in [0.2, 0.25) is 5.91 Å². The van der Waals surface area contributed by atoms with Crippen molar-refractivity contribution in [3.63, 3.8) is 0 Å². The molecule has 9 heteroatoms. The summed E-state index contributed by atoms with van der Waals surface area (Å²) >= 11 is 5.57. The molecule has 0 aliphatic rings. The van der Waals surface area contributed by atoms with Gasteiger partial charge in [-0.25, -0.2) is 0 Å². The predicted octanol–water partition coefficient (Wildman–Crippen LogP) is 4.95. The summed E-state index contributed by atoms with van der Waals surface area (Å²) in [6.07, 6.45) is -4.13. The number of hydrogen-bond acceptors (Lipinski definition) is 3. The lowest BCUT2D eigenvalue weighted by Crippen LogP contribution is -2.29. The van der Waals surface area contributed by atoms with Gasteiger partial charge in [-0.05, 0) is 42.5 Å².